The zero-order valence-corrected chi connectivity index (χ0v) is 13.4. The fourth-order valence-electron chi connectivity index (χ4n) is 2.87. The second-order valence-electron chi connectivity index (χ2n) is 5.99. The van der Waals surface area contributed by atoms with Crippen LogP contribution in [-0.2, 0) is 6.54 Å². The summed E-state index contributed by atoms with van der Waals surface area (Å²) in [6, 6.07) is 3.74. The maximum atomic E-state index is 14.1. The number of aromatic nitrogens is 1. The van der Waals surface area contributed by atoms with Crippen molar-refractivity contribution in [1.29, 1.82) is 0 Å². The van der Waals surface area contributed by atoms with Crippen molar-refractivity contribution in [3.05, 3.63) is 40.8 Å². The molecule has 0 N–H and O–H groups in total. The molecule has 4 heteroatoms. The lowest BCUT2D eigenvalue weighted by Gasteiger charge is -2.16. The van der Waals surface area contributed by atoms with Crippen LogP contribution in [0.5, 0.6) is 0 Å². The first-order valence-electron chi connectivity index (χ1n) is 7.60. The number of hydrogen-bond acceptors (Lipinski definition) is 3. The van der Waals surface area contributed by atoms with Gasteiger partial charge in [-0.15, -0.1) is 11.3 Å². The van der Waals surface area contributed by atoms with Crippen molar-refractivity contribution >= 4 is 11.3 Å². The van der Waals surface area contributed by atoms with Crippen LogP contribution in [0.1, 0.15) is 43.0 Å². The second kappa shape index (κ2) is 6.24. The first-order chi connectivity index (χ1) is 10.1. The van der Waals surface area contributed by atoms with Crippen molar-refractivity contribution in [1.82, 2.24) is 9.88 Å². The Kier molecular flexibility index (Phi) is 4.36. The molecule has 0 unspecified atom stereocenters. The van der Waals surface area contributed by atoms with Gasteiger partial charge in [0.05, 0.1) is 0 Å². The fraction of sp³-hybridized carbons (Fsp3) is 0.471. The zero-order chi connectivity index (χ0) is 14.8. The van der Waals surface area contributed by atoms with Gasteiger partial charge in [-0.1, -0.05) is 13.8 Å². The first kappa shape index (κ1) is 14.7. The molecule has 3 heterocycles. The lowest BCUT2D eigenvalue weighted by molar-refractivity contribution is 0.332. The van der Waals surface area contributed by atoms with Gasteiger partial charge in [-0.3, -0.25) is 9.88 Å². The van der Waals surface area contributed by atoms with Crippen LogP contribution < -0.4 is 0 Å². The molecular weight excluding hydrogens is 283 g/mol. The Morgan fingerprint density at radius 1 is 1.33 bits per heavy atom. The van der Waals surface area contributed by atoms with Gasteiger partial charge < -0.3 is 0 Å². The Morgan fingerprint density at radius 2 is 2.10 bits per heavy atom. The summed E-state index contributed by atoms with van der Waals surface area (Å²) in [7, 11) is 0. The number of rotatable bonds is 4. The Hall–Kier alpha value is -1.26. The van der Waals surface area contributed by atoms with E-state index in [2.05, 4.69) is 16.0 Å². The summed E-state index contributed by atoms with van der Waals surface area (Å²) in [5.74, 6) is 0.142. The number of pyridine rings is 1. The first-order valence-corrected chi connectivity index (χ1v) is 8.41. The highest BCUT2D eigenvalue weighted by Gasteiger charge is 2.18. The van der Waals surface area contributed by atoms with Gasteiger partial charge >= 0.3 is 0 Å². The van der Waals surface area contributed by atoms with E-state index in [1.54, 1.807) is 17.4 Å². The van der Waals surface area contributed by atoms with Gasteiger partial charge in [-0.2, -0.15) is 0 Å². The van der Waals surface area contributed by atoms with E-state index in [0.29, 0.717) is 0 Å². The van der Waals surface area contributed by atoms with E-state index in [-0.39, 0.29) is 11.7 Å². The molecule has 0 saturated carbocycles. The second-order valence-corrected chi connectivity index (χ2v) is 7.08. The molecule has 0 amide bonds. The summed E-state index contributed by atoms with van der Waals surface area (Å²) in [6.07, 6.45) is 6.28. The maximum absolute atomic E-state index is 14.1. The molecular formula is C17H21FN2S. The van der Waals surface area contributed by atoms with Crippen molar-refractivity contribution < 1.29 is 4.39 Å². The van der Waals surface area contributed by atoms with Crippen LogP contribution in [0, 0.1) is 5.82 Å². The van der Waals surface area contributed by atoms with Gasteiger partial charge in [-0.05, 0) is 49.5 Å². The Balaban J connectivity index is 1.92. The smallest absolute Gasteiger partial charge is 0.137 e. The maximum Gasteiger partial charge on any atom is 0.137 e. The monoisotopic (exact) mass is 304 g/mol. The molecule has 2 nitrogen and oxygen atoms in total. The minimum atomic E-state index is -0.0824. The standard InChI is InChI=1S/C17H21FN2S/c1-12(2)17-15(18)9-16(21-17)14-10-19-6-5-13(14)11-20-7-3-4-8-20/h5-6,9-10,12H,3-4,7-8,11H2,1-2H3. The normalized spacial score (nSPS) is 16.0. The summed E-state index contributed by atoms with van der Waals surface area (Å²) in [6.45, 7) is 7.34. The van der Waals surface area contributed by atoms with Crippen molar-refractivity contribution in [2.24, 2.45) is 0 Å². The van der Waals surface area contributed by atoms with E-state index in [4.69, 9.17) is 0 Å². The number of thiophene rings is 1. The molecule has 21 heavy (non-hydrogen) atoms. The van der Waals surface area contributed by atoms with Crippen molar-refractivity contribution in [3.63, 3.8) is 0 Å². The van der Waals surface area contributed by atoms with Gasteiger partial charge in [0.2, 0.25) is 0 Å². The van der Waals surface area contributed by atoms with E-state index < -0.39 is 0 Å². The summed E-state index contributed by atoms with van der Waals surface area (Å²) in [4.78, 5) is 8.54. The molecule has 2 aromatic rings. The highest BCUT2D eigenvalue weighted by Crippen LogP contribution is 2.36. The van der Waals surface area contributed by atoms with Crippen LogP contribution in [-0.4, -0.2) is 23.0 Å². The van der Waals surface area contributed by atoms with Gasteiger partial charge in [0.1, 0.15) is 5.82 Å². The highest BCUT2D eigenvalue weighted by molar-refractivity contribution is 7.15. The van der Waals surface area contributed by atoms with E-state index in [9.17, 15) is 4.39 Å². The lowest BCUT2D eigenvalue weighted by Crippen LogP contribution is -2.18. The molecule has 2 aromatic heterocycles. The van der Waals surface area contributed by atoms with Crippen LogP contribution in [0.25, 0.3) is 10.4 Å². The molecule has 1 fully saturated rings. The summed E-state index contributed by atoms with van der Waals surface area (Å²) in [5.41, 5.74) is 2.34. The Morgan fingerprint density at radius 3 is 2.76 bits per heavy atom. The summed E-state index contributed by atoms with van der Waals surface area (Å²) in [5, 5.41) is 0. The van der Waals surface area contributed by atoms with Gasteiger partial charge in [0.15, 0.2) is 0 Å². The minimum absolute atomic E-state index is 0.0824. The van der Waals surface area contributed by atoms with Crippen LogP contribution in [0.4, 0.5) is 4.39 Å². The van der Waals surface area contributed by atoms with E-state index in [0.717, 1.165) is 35.0 Å². The topological polar surface area (TPSA) is 16.1 Å². The molecule has 0 bridgehead atoms. The molecule has 1 aliphatic rings. The Labute approximate surface area is 129 Å². The molecule has 0 aliphatic carbocycles. The number of halogens is 1. The minimum Gasteiger partial charge on any atom is -0.299 e. The highest BCUT2D eigenvalue weighted by atomic mass is 32.1. The van der Waals surface area contributed by atoms with Crippen LogP contribution in [0.15, 0.2) is 24.5 Å². The van der Waals surface area contributed by atoms with Crippen LogP contribution >= 0.6 is 11.3 Å². The number of hydrogen-bond donors (Lipinski definition) is 0. The van der Waals surface area contributed by atoms with Crippen LogP contribution in [0.2, 0.25) is 0 Å². The van der Waals surface area contributed by atoms with Crippen molar-refractivity contribution in [2.75, 3.05) is 13.1 Å². The molecule has 3 rings (SSSR count). The van der Waals surface area contributed by atoms with Crippen molar-refractivity contribution in [2.45, 2.75) is 39.2 Å². The van der Waals surface area contributed by atoms with Gasteiger partial charge in [0, 0.05) is 34.3 Å². The van der Waals surface area contributed by atoms with E-state index >= 15 is 0 Å². The third-order valence-corrected chi connectivity index (χ3v) is 5.45. The molecule has 0 radical (unpaired) electrons. The number of nitrogens with zero attached hydrogens (tertiary/aromatic N) is 2. The third-order valence-electron chi connectivity index (χ3n) is 4.01. The van der Waals surface area contributed by atoms with Crippen molar-refractivity contribution in [3.8, 4) is 10.4 Å². The molecule has 0 atom stereocenters. The average Bonchev–Trinajstić information content (AvgIpc) is 3.09. The van der Waals surface area contributed by atoms with E-state index in [1.807, 2.05) is 26.2 Å². The fourth-order valence-corrected chi connectivity index (χ4v) is 3.96. The summed E-state index contributed by atoms with van der Waals surface area (Å²) >= 11 is 1.56. The molecule has 1 aliphatic heterocycles. The SMILES string of the molecule is CC(C)c1sc(-c2cnccc2CN2CCCC2)cc1F. The van der Waals surface area contributed by atoms with Gasteiger partial charge in [0.25, 0.3) is 0 Å². The molecule has 112 valence electrons. The summed E-state index contributed by atoms with van der Waals surface area (Å²) < 4.78 is 14.1. The van der Waals surface area contributed by atoms with E-state index in [1.165, 1.54) is 18.4 Å². The molecule has 1 saturated heterocycles. The zero-order valence-electron chi connectivity index (χ0n) is 12.6. The lowest BCUT2D eigenvalue weighted by atomic mass is 10.1. The predicted octanol–water partition coefficient (Wildman–Crippen LogP) is 4.67. The largest absolute Gasteiger partial charge is 0.299 e. The van der Waals surface area contributed by atoms with Gasteiger partial charge in [-0.25, -0.2) is 4.39 Å². The third kappa shape index (κ3) is 3.16. The molecule has 0 aromatic carbocycles. The molecule has 0 spiro atoms. The predicted molar refractivity (Wildman–Crippen MR) is 86.1 cm³/mol. The Bertz CT molecular complexity index is 615. The number of likely N-dealkylation sites (tertiary alicyclic amines) is 1. The average molecular weight is 304 g/mol. The quantitative estimate of drug-likeness (QED) is 0.816. The van der Waals surface area contributed by atoms with Crippen LogP contribution in [0.3, 0.4) is 0 Å².